The number of amides is 1. The van der Waals surface area contributed by atoms with Crippen molar-refractivity contribution in [2.45, 2.75) is 6.18 Å². The first-order valence-electron chi connectivity index (χ1n) is 8.29. The van der Waals surface area contributed by atoms with Crippen molar-refractivity contribution >= 4 is 12.0 Å². The van der Waals surface area contributed by atoms with Crippen LogP contribution in [0, 0.1) is 0 Å². The molecule has 1 aliphatic heterocycles. The number of halogens is 3. The molecule has 8 heteroatoms. The molecule has 1 amide bonds. The number of carbonyl (C=O) groups excluding carboxylic acids is 1. The largest absolute Gasteiger partial charge is 0.432 e. The fourth-order valence-corrected chi connectivity index (χ4v) is 2.77. The molecule has 0 unspecified atom stereocenters. The lowest BCUT2D eigenvalue weighted by Gasteiger charge is -2.33. The fourth-order valence-electron chi connectivity index (χ4n) is 2.77. The van der Waals surface area contributed by atoms with Crippen LogP contribution in [0.1, 0.15) is 21.7 Å². The van der Waals surface area contributed by atoms with Gasteiger partial charge in [0, 0.05) is 38.8 Å². The molecule has 1 saturated heterocycles. The summed E-state index contributed by atoms with van der Waals surface area (Å²) in [7, 11) is 0. The normalized spacial score (nSPS) is 16.3. The van der Waals surface area contributed by atoms with Crippen LogP contribution in [0.5, 0.6) is 0 Å². The number of H-pyrrole nitrogens is 1. The van der Waals surface area contributed by atoms with Gasteiger partial charge in [0.25, 0.3) is 5.91 Å². The van der Waals surface area contributed by atoms with Gasteiger partial charge < -0.3 is 4.90 Å². The van der Waals surface area contributed by atoms with Gasteiger partial charge in [-0.15, -0.1) is 0 Å². The highest BCUT2D eigenvalue weighted by atomic mass is 19.4. The topological polar surface area (TPSA) is 52.2 Å². The summed E-state index contributed by atoms with van der Waals surface area (Å²) in [5.41, 5.74) is -0.0828. The van der Waals surface area contributed by atoms with Crippen LogP contribution in [0.2, 0.25) is 0 Å². The van der Waals surface area contributed by atoms with Crippen molar-refractivity contribution in [2.24, 2.45) is 0 Å². The van der Waals surface area contributed by atoms with Gasteiger partial charge in [-0.05, 0) is 5.56 Å². The van der Waals surface area contributed by atoms with Crippen molar-refractivity contribution in [3.05, 3.63) is 59.4 Å². The number of benzene rings is 1. The second-order valence-electron chi connectivity index (χ2n) is 6.07. The Morgan fingerprint density at radius 3 is 2.46 bits per heavy atom. The number of nitrogens with zero attached hydrogens (tertiary/aromatic N) is 3. The van der Waals surface area contributed by atoms with Gasteiger partial charge >= 0.3 is 6.18 Å². The minimum Gasteiger partial charge on any atom is -0.335 e. The molecular formula is C18H19F3N4O. The summed E-state index contributed by atoms with van der Waals surface area (Å²) in [5, 5.41) is 5.37. The quantitative estimate of drug-likeness (QED) is 0.908. The fraction of sp³-hybridized carbons (Fsp3) is 0.333. The van der Waals surface area contributed by atoms with Crippen molar-refractivity contribution in [3.63, 3.8) is 0 Å². The predicted molar refractivity (Wildman–Crippen MR) is 91.4 cm³/mol. The molecule has 3 rings (SSSR count). The summed E-state index contributed by atoms with van der Waals surface area (Å²) in [5.74, 6) is -0.476. The van der Waals surface area contributed by atoms with Gasteiger partial charge in [0.15, 0.2) is 5.69 Å². The third-order valence-electron chi connectivity index (χ3n) is 4.24. The Labute approximate surface area is 149 Å². The Hall–Kier alpha value is -2.61. The van der Waals surface area contributed by atoms with E-state index in [0.29, 0.717) is 26.2 Å². The van der Waals surface area contributed by atoms with Crippen molar-refractivity contribution in [1.29, 1.82) is 0 Å². The lowest BCUT2D eigenvalue weighted by molar-refractivity contribution is -0.141. The van der Waals surface area contributed by atoms with E-state index in [0.717, 1.165) is 18.2 Å². The van der Waals surface area contributed by atoms with Gasteiger partial charge in [-0.25, -0.2) is 0 Å². The van der Waals surface area contributed by atoms with Gasteiger partial charge in [-0.2, -0.15) is 18.3 Å². The molecule has 0 radical (unpaired) electrons. The summed E-state index contributed by atoms with van der Waals surface area (Å²) >= 11 is 0. The second kappa shape index (κ2) is 7.74. The zero-order chi connectivity index (χ0) is 18.6. The highest BCUT2D eigenvalue weighted by molar-refractivity contribution is 5.92. The Morgan fingerprint density at radius 1 is 1.15 bits per heavy atom. The van der Waals surface area contributed by atoms with Crippen LogP contribution in [-0.2, 0) is 6.18 Å². The first kappa shape index (κ1) is 18.2. The molecule has 2 aromatic rings. The maximum absolute atomic E-state index is 12.6. The van der Waals surface area contributed by atoms with Crippen molar-refractivity contribution in [3.8, 4) is 0 Å². The van der Waals surface area contributed by atoms with E-state index < -0.39 is 17.8 Å². The van der Waals surface area contributed by atoms with Crippen LogP contribution >= 0.6 is 0 Å². The van der Waals surface area contributed by atoms with Gasteiger partial charge in [-0.3, -0.25) is 14.8 Å². The number of hydrogen-bond donors (Lipinski definition) is 1. The molecule has 2 heterocycles. The Kier molecular flexibility index (Phi) is 5.41. The van der Waals surface area contributed by atoms with Gasteiger partial charge in [0.05, 0.1) is 0 Å². The summed E-state index contributed by atoms with van der Waals surface area (Å²) < 4.78 is 37.8. The van der Waals surface area contributed by atoms with E-state index in [4.69, 9.17) is 0 Å². The molecule has 0 aliphatic carbocycles. The third kappa shape index (κ3) is 4.51. The monoisotopic (exact) mass is 364 g/mol. The molecule has 1 aromatic carbocycles. The first-order chi connectivity index (χ1) is 12.4. The number of rotatable bonds is 4. The Bertz CT molecular complexity index is 762. The van der Waals surface area contributed by atoms with E-state index in [1.54, 1.807) is 0 Å². The minimum atomic E-state index is -4.53. The maximum atomic E-state index is 12.6. The van der Waals surface area contributed by atoms with Crippen LogP contribution in [0.25, 0.3) is 6.08 Å². The Balaban J connectivity index is 1.49. The number of carbonyl (C=O) groups is 1. The highest BCUT2D eigenvalue weighted by Crippen LogP contribution is 2.27. The van der Waals surface area contributed by atoms with E-state index in [-0.39, 0.29) is 5.69 Å². The average molecular weight is 364 g/mol. The number of aromatic nitrogens is 2. The van der Waals surface area contributed by atoms with Crippen LogP contribution in [-0.4, -0.2) is 58.6 Å². The standard InChI is InChI=1S/C18H19F3N4O/c19-18(20,21)16-13-15(22-23-16)17(26)25-11-9-24(10-12-25)8-4-7-14-5-2-1-3-6-14/h1-7,13H,8-12H2,(H,22,23). The molecule has 0 bridgehead atoms. The van der Waals surface area contributed by atoms with Crippen LogP contribution in [0.15, 0.2) is 42.5 Å². The van der Waals surface area contributed by atoms with E-state index in [9.17, 15) is 18.0 Å². The molecule has 1 fully saturated rings. The number of piperazine rings is 1. The molecule has 138 valence electrons. The van der Waals surface area contributed by atoms with Crippen molar-refractivity contribution in [1.82, 2.24) is 20.0 Å². The van der Waals surface area contributed by atoms with Gasteiger partial charge in [0.2, 0.25) is 0 Å². The van der Waals surface area contributed by atoms with Crippen LogP contribution in [0.4, 0.5) is 13.2 Å². The summed E-state index contributed by atoms with van der Waals surface area (Å²) in [4.78, 5) is 16.0. The van der Waals surface area contributed by atoms with E-state index >= 15 is 0 Å². The molecule has 1 aliphatic rings. The molecule has 0 atom stereocenters. The highest BCUT2D eigenvalue weighted by Gasteiger charge is 2.34. The van der Waals surface area contributed by atoms with Gasteiger partial charge in [-0.1, -0.05) is 42.5 Å². The summed E-state index contributed by atoms with van der Waals surface area (Å²) in [6.07, 6.45) is -0.425. The zero-order valence-electron chi connectivity index (χ0n) is 14.0. The summed E-state index contributed by atoms with van der Waals surface area (Å²) in [6, 6.07) is 10.7. The first-order valence-corrected chi connectivity index (χ1v) is 8.29. The van der Waals surface area contributed by atoms with E-state index in [1.165, 1.54) is 4.90 Å². The molecule has 5 nitrogen and oxygen atoms in total. The second-order valence-corrected chi connectivity index (χ2v) is 6.07. The third-order valence-corrected chi connectivity index (χ3v) is 4.24. The van der Waals surface area contributed by atoms with Crippen LogP contribution < -0.4 is 0 Å². The molecule has 0 spiro atoms. The average Bonchev–Trinajstić information content (AvgIpc) is 3.13. The summed E-state index contributed by atoms with van der Waals surface area (Å²) in [6.45, 7) is 3.03. The van der Waals surface area contributed by atoms with E-state index in [1.807, 2.05) is 41.5 Å². The molecule has 1 N–H and O–H groups in total. The predicted octanol–water partition coefficient (Wildman–Crippen LogP) is 2.90. The molecule has 1 aromatic heterocycles. The van der Waals surface area contributed by atoms with Crippen LogP contribution in [0.3, 0.4) is 0 Å². The van der Waals surface area contributed by atoms with E-state index in [2.05, 4.69) is 16.1 Å². The van der Waals surface area contributed by atoms with Gasteiger partial charge in [0.1, 0.15) is 5.69 Å². The Morgan fingerprint density at radius 2 is 1.85 bits per heavy atom. The number of aromatic amines is 1. The number of nitrogens with one attached hydrogen (secondary N) is 1. The maximum Gasteiger partial charge on any atom is 0.432 e. The zero-order valence-corrected chi connectivity index (χ0v) is 14.0. The molecular weight excluding hydrogens is 345 g/mol. The number of hydrogen-bond acceptors (Lipinski definition) is 3. The molecule has 0 saturated carbocycles. The lowest BCUT2D eigenvalue weighted by atomic mass is 10.2. The molecule has 26 heavy (non-hydrogen) atoms. The lowest BCUT2D eigenvalue weighted by Crippen LogP contribution is -2.48. The van der Waals surface area contributed by atoms with Crippen molar-refractivity contribution in [2.75, 3.05) is 32.7 Å². The SMILES string of the molecule is O=C(c1cc(C(F)(F)F)[nH]n1)N1CCN(CC=Cc2ccccc2)CC1. The minimum absolute atomic E-state index is 0.199. The number of alkyl halides is 3. The smallest absolute Gasteiger partial charge is 0.335 e. The van der Waals surface area contributed by atoms with Crippen molar-refractivity contribution < 1.29 is 18.0 Å².